The lowest BCUT2D eigenvalue weighted by Gasteiger charge is -2.32. The standard InChI is InChI=1S/C27H24ClN3O2/c1-29(2)21-13-15-22(16-14-21)31-26(32)24(19-9-11-20(28)12-10-19)25(27(31)33)30-17-5-7-18-6-3-4-8-23(18)30/h3-4,6,8-16H,5,7,17H2,1-2H3. The molecule has 0 saturated heterocycles. The Hall–Kier alpha value is -3.57. The number of carbonyl (C=O) groups is 2. The Labute approximate surface area is 198 Å². The fourth-order valence-electron chi connectivity index (χ4n) is 4.55. The third-order valence-corrected chi connectivity index (χ3v) is 6.45. The molecular weight excluding hydrogens is 434 g/mol. The number of benzene rings is 3. The van der Waals surface area contributed by atoms with Crippen molar-refractivity contribution in [2.45, 2.75) is 12.8 Å². The first-order valence-corrected chi connectivity index (χ1v) is 11.4. The Kier molecular flexibility index (Phi) is 5.43. The number of amides is 2. The zero-order valence-electron chi connectivity index (χ0n) is 18.6. The van der Waals surface area contributed by atoms with Gasteiger partial charge in [-0.25, -0.2) is 4.90 Å². The number of fused-ring (bicyclic) bond motifs is 1. The fraction of sp³-hybridized carbons (Fsp3) is 0.185. The van der Waals surface area contributed by atoms with Gasteiger partial charge in [0.2, 0.25) is 0 Å². The zero-order valence-corrected chi connectivity index (χ0v) is 19.3. The lowest BCUT2D eigenvalue weighted by molar-refractivity contribution is -0.120. The highest BCUT2D eigenvalue weighted by Gasteiger charge is 2.43. The van der Waals surface area contributed by atoms with Gasteiger partial charge in [0.05, 0.1) is 11.3 Å². The van der Waals surface area contributed by atoms with Gasteiger partial charge >= 0.3 is 0 Å². The van der Waals surface area contributed by atoms with Gasteiger partial charge in [0.15, 0.2) is 0 Å². The van der Waals surface area contributed by atoms with Crippen molar-refractivity contribution >= 4 is 46.1 Å². The van der Waals surface area contributed by atoms with Crippen LogP contribution in [-0.2, 0) is 16.0 Å². The highest BCUT2D eigenvalue weighted by Crippen LogP contribution is 2.39. The molecule has 5 nitrogen and oxygen atoms in total. The van der Waals surface area contributed by atoms with Crippen molar-refractivity contribution in [3.05, 3.63) is 94.6 Å². The van der Waals surface area contributed by atoms with Gasteiger partial charge in [-0.15, -0.1) is 0 Å². The molecule has 0 fully saturated rings. The second kappa shape index (κ2) is 8.41. The maximum atomic E-state index is 13.9. The number of anilines is 3. The van der Waals surface area contributed by atoms with E-state index in [1.807, 2.05) is 66.4 Å². The number of hydrogen-bond donors (Lipinski definition) is 0. The van der Waals surface area contributed by atoms with Crippen molar-refractivity contribution in [2.24, 2.45) is 0 Å². The zero-order chi connectivity index (χ0) is 23.1. The minimum atomic E-state index is -0.321. The van der Waals surface area contributed by atoms with Gasteiger partial charge < -0.3 is 9.80 Å². The van der Waals surface area contributed by atoms with Crippen molar-refractivity contribution < 1.29 is 9.59 Å². The van der Waals surface area contributed by atoms with Crippen LogP contribution in [-0.4, -0.2) is 32.5 Å². The summed E-state index contributed by atoms with van der Waals surface area (Å²) >= 11 is 6.11. The molecule has 2 aliphatic heterocycles. The smallest absolute Gasteiger partial charge is 0.282 e. The first kappa shape index (κ1) is 21.3. The summed E-state index contributed by atoms with van der Waals surface area (Å²) in [5.41, 5.74) is 5.23. The monoisotopic (exact) mass is 457 g/mol. The summed E-state index contributed by atoms with van der Waals surface area (Å²) < 4.78 is 0. The number of carbonyl (C=O) groups excluding carboxylic acids is 2. The summed E-state index contributed by atoms with van der Waals surface area (Å²) in [6.45, 7) is 0.676. The Morgan fingerprint density at radius 1 is 0.848 bits per heavy atom. The van der Waals surface area contributed by atoms with Crippen LogP contribution in [0.4, 0.5) is 17.1 Å². The van der Waals surface area contributed by atoms with Gasteiger partial charge in [-0.3, -0.25) is 9.59 Å². The molecule has 0 N–H and O–H groups in total. The number of nitrogens with zero attached hydrogens (tertiary/aromatic N) is 3. The van der Waals surface area contributed by atoms with Crippen molar-refractivity contribution in [3.63, 3.8) is 0 Å². The number of rotatable bonds is 4. The van der Waals surface area contributed by atoms with E-state index in [1.54, 1.807) is 24.3 Å². The molecule has 0 aromatic heterocycles. The first-order valence-electron chi connectivity index (χ1n) is 11.0. The van der Waals surface area contributed by atoms with Crippen LogP contribution >= 0.6 is 11.6 Å². The Balaban J connectivity index is 1.65. The summed E-state index contributed by atoms with van der Waals surface area (Å²) in [5.74, 6) is -0.628. The molecule has 2 amide bonds. The Bertz CT molecular complexity index is 1260. The summed E-state index contributed by atoms with van der Waals surface area (Å²) in [5, 5.41) is 0.581. The van der Waals surface area contributed by atoms with Crippen molar-refractivity contribution in [1.82, 2.24) is 0 Å². The maximum absolute atomic E-state index is 13.9. The predicted octanol–water partition coefficient (Wildman–Crippen LogP) is 5.14. The Morgan fingerprint density at radius 2 is 1.55 bits per heavy atom. The molecule has 2 heterocycles. The van der Waals surface area contributed by atoms with Crippen LogP contribution in [0.15, 0.2) is 78.5 Å². The van der Waals surface area contributed by atoms with E-state index < -0.39 is 0 Å². The van der Waals surface area contributed by atoms with Crippen LogP contribution in [0.1, 0.15) is 17.5 Å². The fourth-order valence-corrected chi connectivity index (χ4v) is 4.67. The normalized spacial score (nSPS) is 15.8. The molecule has 0 unspecified atom stereocenters. The Morgan fingerprint density at radius 3 is 2.24 bits per heavy atom. The van der Waals surface area contributed by atoms with E-state index in [2.05, 4.69) is 6.07 Å². The molecule has 2 aliphatic rings. The van der Waals surface area contributed by atoms with Gasteiger partial charge in [-0.2, -0.15) is 0 Å². The van der Waals surface area contributed by atoms with Crippen LogP contribution in [0.2, 0.25) is 5.02 Å². The summed E-state index contributed by atoms with van der Waals surface area (Å²) in [6.07, 6.45) is 1.86. The molecule has 6 heteroatoms. The average molecular weight is 458 g/mol. The maximum Gasteiger partial charge on any atom is 0.282 e. The molecule has 0 atom stereocenters. The molecular formula is C27H24ClN3O2. The SMILES string of the molecule is CN(C)c1ccc(N2C(=O)C(c3ccc(Cl)cc3)=C(N3CCCc4ccccc43)C2=O)cc1. The molecule has 166 valence electrons. The van der Waals surface area contributed by atoms with Crippen LogP contribution in [0, 0.1) is 0 Å². The second-order valence-electron chi connectivity index (χ2n) is 8.47. The van der Waals surface area contributed by atoms with Gasteiger partial charge in [0, 0.05) is 37.0 Å². The van der Waals surface area contributed by atoms with E-state index in [4.69, 9.17) is 11.6 Å². The highest BCUT2D eigenvalue weighted by atomic mass is 35.5. The number of aryl methyl sites for hydroxylation is 1. The van der Waals surface area contributed by atoms with Crippen LogP contribution < -0.4 is 14.7 Å². The number of halogens is 1. The average Bonchev–Trinajstić information content (AvgIpc) is 3.09. The lowest BCUT2D eigenvalue weighted by Crippen LogP contribution is -2.37. The summed E-state index contributed by atoms with van der Waals surface area (Å²) in [6, 6.07) is 22.6. The van der Waals surface area contributed by atoms with Crippen molar-refractivity contribution in [2.75, 3.05) is 35.3 Å². The lowest BCUT2D eigenvalue weighted by atomic mass is 9.98. The molecule has 0 saturated carbocycles. The topological polar surface area (TPSA) is 43.9 Å². The van der Waals surface area contributed by atoms with Crippen LogP contribution in [0.3, 0.4) is 0 Å². The van der Waals surface area contributed by atoms with Crippen LogP contribution in [0.25, 0.3) is 5.57 Å². The van der Waals surface area contributed by atoms with Gasteiger partial charge in [0.1, 0.15) is 5.70 Å². The molecule has 3 aromatic rings. The van der Waals surface area contributed by atoms with E-state index >= 15 is 0 Å². The molecule has 0 aliphatic carbocycles. The molecule has 3 aromatic carbocycles. The summed E-state index contributed by atoms with van der Waals surface area (Å²) in [7, 11) is 3.90. The number of imide groups is 1. The molecule has 0 spiro atoms. The predicted molar refractivity (Wildman–Crippen MR) is 134 cm³/mol. The molecule has 0 bridgehead atoms. The van der Waals surface area contributed by atoms with Gasteiger partial charge in [-0.05, 0) is 66.4 Å². The third kappa shape index (κ3) is 3.68. The highest BCUT2D eigenvalue weighted by molar-refractivity contribution is 6.46. The minimum absolute atomic E-state index is 0.306. The number of para-hydroxylation sites is 1. The quantitative estimate of drug-likeness (QED) is 0.508. The van der Waals surface area contributed by atoms with E-state index in [0.717, 1.165) is 24.2 Å². The van der Waals surface area contributed by atoms with Gasteiger partial charge in [-0.1, -0.05) is 41.9 Å². The molecule has 0 radical (unpaired) electrons. The van der Waals surface area contributed by atoms with E-state index in [1.165, 1.54) is 10.5 Å². The van der Waals surface area contributed by atoms with Crippen molar-refractivity contribution in [1.29, 1.82) is 0 Å². The molecule has 33 heavy (non-hydrogen) atoms. The van der Waals surface area contributed by atoms with E-state index in [-0.39, 0.29) is 11.8 Å². The van der Waals surface area contributed by atoms with E-state index in [9.17, 15) is 9.59 Å². The van der Waals surface area contributed by atoms with E-state index in [0.29, 0.717) is 34.1 Å². The van der Waals surface area contributed by atoms with Gasteiger partial charge in [0.25, 0.3) is 11.8 Å². The first-order chi connectivity index (χ1) is 16.0. The molecule has 5 rings (SSSR count). The number of hydrogen-bond acceptors (Lipinski definition) is 4. The minimum Gasteiger partial charge on any atom is -0.378 e. The second-order valence-corrected chi connectivity index (χ2v) is 8.91. The summed E-state index contributed by atoms with van der Waals surface area (Å²) in [4.78, 5) is 32.9. The third-order valence-electron chi connectivity index (χ3n) is 6.20. The van der Waals surface area contributed by atoms with Crippen LogP contribution in [0.5, 0.6) is 0 Å². The van der Waals surface area contributed by atoms with Crippen molar-refractivity contribution in [3.8, 4) is 0 Å². The largest absolute Gasteiger partial charge is 0.378 e.